The van der Waals surface area contributed by atoms with Crippen LogP contribution in [0.3, 0.4) is 0 Å². The number of hydrogen-bond acceptors (Lipinski definition) is 5. The van der Waals surface area contributed by atoms with Crippen LogP contribution in [0.2, 0.25) is 0 Å². The van der Waals surface area contributed by atoms with E-state index >= 15 is 0 Å². The highest BCUT2D eigenvalue weighted by atomic mass is 32.1. The topological polar surface area (TPSA) is 106 Å². The molecule has 0 radical (unpaired) electrons. The fourth-order valence-corrected chi connectivity index (χ4v) is 2.92. The molecule has 152 valence electrons. The fraction of sp³-hybridized carbons (Fsp3) is 0.0909. The second-order valence-electron chi connectivity index (χ2n) is 6.49. The van der Waals surface area contributed by atoms with E-state index in [2.05, 4.69) is 15.6 Å². The largest absolute Gasteiger partial charge is 0.457 e. The minimum atomic E-state index is -0.625. The number of nitrogens with zero attached hydrogens (tertiary/aromatic N) is 1. The maximum absolute atomic E-state index is 12.1. The van der Waals surface area contributed by atoms with Gasteiger partial charge in [0.05, 0.1) is 6.42 Å². The second-order valence-corrected chi connectivity index (χ2v) is 6.90. The summed E-state index contributed by atoms with van der Waals surface area (Å²) in [6.45, 7) is 1.87. The third kappa shape index (κ3) is 5.86. The lowest BCUT2D eigenvalue weighted by molar-refractivity contribution is -0.119. The molecule has 8 heteroatoms. The molecule has 0 aliphatic heterocycles. The average Bonchev–Trinajstić information content (AvgIpc) is 2.71. The Morgan fingerprint density at radius 3 is 2.57 bits per heavy atom. The summed E-state index contributed by atoms with van der Waals surface area (Å²) < 4.78 is 5.81. The number of primary amides is 1. The Kier molecular flexibility index (Phi) is 6.71. The van der Waals surface area contributed by atoms with E-state index in [9.17, 15) is 9.59 Å². The van der Waals surface area contributed by atoms with Crippen LogP contribution in [-0.2, 0) is 11.2 Å². The van der Waals surface area contributed by atoms with E-state index in [1.807, 2.05) is 43.3 Å². The maximum atomic E-state index is 12.1. The van der Waals surface area contributed by atoms with Gasteiger partial charge in [0.25, 0.3) is 5.91 Å². The second kappa shape index (κ2) is 9.62. The third-order valence-corrected chi connectivity index (χ3v) is 4.31. The lowest BCUT2D eigenvalue weighted by atomic mass is 10.1. The highest BCUT2D eigenvalue weighted by Crippen LogP contribution is 2.27. The number of aromatic nitrogens is 1. The van der Waals surface area contributed by atoms with E-state index in [0.717, 1.165) is 11.1 Å². The molecule has 1 heterocycles. The van der Waals surface area contributed by atoms with Crippen molar-refractivity contribution in [3.63, 3.8) is 0 Å². The van der Waals surface area contributed by atoms with Crippen LogP contribution in [0, 0.1) is 6.92 Å². The van der Waals surface area contributed by atoms with E-state index in [1.54, 1.807) is 18.2 Å². The Morgan fingerprint density at radius 1 is 1.10 bits per heavy atom. The number of anilines is 1. The molecule has 4 N–H and O–H groups in total. The molecule has 0 fully saturated rings. The minimum Gasteiger partial charge on any atom is -0.457 e. The molecule has 0 unspecified atom stereocenters. The lowest BCUT2D eigenvalue weighted by Gasteiger charge is -2.13. The minimum absolute atomic E-state index is 0.125. The average molecular weight is 420 g/mol. The Balaban J connectivity index is 1.59. The number of thiocarbonyl (C=S) groups is 1. The van der Waals surface area contributed by atoms with Crippen molar-refractivity contribution >= 4 is 34.8 Å². The number of ether oxygens (including phenoxy) is 1. The van der Waals surface area contributed by atoms with Crippen LogP contribution in [0.25, 0.3) is 0 Å². The zero-order valence-electron chi connectivity index (χ0n) is 16.2. The van der Waals surface area contributed by atoms with Gasteiger partial charge in [-0.1, -0.05) is 30.3 Å². The van der Waals surface area contributed by atoms with Crippen LogP contribution >= 0.6 is 12.2 Å². The molecular weight excluding hydrogens is 400 g/mol. The number of carbonyl (C=O) groups excluding carboxylic acids is 2. The van der Waals surface area contributed by atoms with E-state index in [4.69, 9.17) is 22.7 Å². The monoisotopic (exact) mass is 420 g/mol. The van der Waals surface area contributed by atoms with E-state index in [-0.39, 0.29) is 23.1 Å². The molecule has 7 nitrogen and oxygen atoms in total. The summed E-state index contributed by atoms with van der Waals surface area (Å²) in [5.74, 6) is 0.227. The first kappa shape index (κ1) is 20.9. The van der Waals surface area contributed by atoms with Gasteiger partial charge in [0.1, 0.15) is 17.2 Å². The summed E-state index contributed by atoms with van der Waals surface area (Å²) in [6.07, 6.45) is 1.70. The van der Waals surface area contributed by atoms with Gasteiger partial charge in [-0.25, -0.2) is 0 Å². The van der Waals surface area contributed by atoms with Crippen LogP contribution in [-0.4, -0.2) is 21.9 Å². The molecule has 0 spiro atoms. The van der Waals surface area contributed by atoms with Crippen LogP contribution in [0.4, 0.5) is 5.69 Å². The molecule has 2 amide bonds. The van der Waals surface area contributed by atoms with E-state index in [0.29, 0.717) is 17.2 Å². The standard InChI is InChI=1S/C22H20N4O3S/c1-14-11-16(25-22(30)26-20(27)12-15-5-3-2-4-6-15)7-8-19(14)29-17-9-10-24-18(13-17)21(23)28/h2-11,13H,12H2,1H3,(H2,23,28)(H2,25,26,27,30). The van der Waals surface area contributed by atoms with Crippen molar-refractivity contribution < 1.29 is 14.3 Å². The van der Waals surface area contributed by atoms with Gasteiger partial charge >= 0.3 is 0 Å². The molecule has 30 heavy (non-hydrogen) atoms. The van der Waals surface area contributed by atoms with Crippen molar-refractivity contribution in [2.45, 2.75) is 13.3 Å². The van der Waals surface area contributed by atoms with Gasteiger partial charge in [0.2, 0.25) is 5.91 Å². The zero-order chi connectivity index (χ0) is 21.5. The van der Waals surface area contributed by atoms with Gasteiger partial charge in [0, 0.05) is 18.0 Å². The first-order chi connectivity index (χ1) is 14.4. The molecule has 0 aliphatic rings. The Morgan fingerprint density at radius 2 is 1.87 bits per heavy atom. The Labute approximate surface area is 179 Å². The van der Waals surface area contributed by atoms with Gasteiger partial charge in [-0.3, -0.25) is 14.6 Å². The number of aryl methyl sites for hydroxylation is 1. The van der Waals surface area contributed by atoms with Crippen LogP contribution in [0.1, 0.15) is 21.6 Å². The maximum Gasteiger partial charge on any atom is 0.267 e. The van der Waals surface area contributed by atoms with Gasteiger partial charge in [-0.15, -0.1) is 0 Å². The number of nitrogens with one attached hydrogen (secondary N) is 2. The highest BCUT2D eigenvalue weighted by Gasteiger charge is 2.09. The summed E-state index contributed by atoms with van der Waals surface area (Å²) >= 11 is 5.22. The number of amides is 2. The number of pyridine rings is 1. The molecule has 0 saturated carbocycles. The van der Waals surface area contributed by atoms with Crippen molar-refractivity contribution in [1.82, 2.24) is 10.3 Å². The lowest BCUT2D eigenvalue weighted by Crippen LogP contribution is -2.35. The molecule has 0 saturated heterocycles. The number of benzene rings is 2. The zero-order valence-corrected chi connectivity index (χ0v) is 17.0. The van der Waals surface area contributed by atoms with Crippen molar-refractivity contribution in [2.24, 2.45) is 5.73 Å². The first-order valence-electron chi connectivity index (χ1n) is 9.10. The highest BCUT2D eigenvalue weighted by molar-refractivity contribution is 7.80. The Bertz CT molecular complexity index is 1090. The predicted octanol–water partition coefficient (Wildman–Crippen LogP) is 3.34. The molecule has 0 bridgehead atoms. The smallest absolute Gasteiger partial charge is 0.267 e. The van der Waals surface area contributed by atoms with E-state index < -0.39 is 5.91 Å². The van der Waals surface area contributed by atoms with Crippen molar-refractivity contribution in [3.8, 4) is 11.5 Å². The van der Waals surface area contributed by atoms with E-state index in [1.165, 1.54) is 12.3 Å². The van der Waals surface area contributed by atoms with Crippen molar-refractivity contribution in [2.75, 3.05) is 5.32 Å². The summed E-state index contributed by atoms with van der Waals surface area (Å²) in [4.78, 5) is 27.3. The first-order valence-corrected chi connectivity index (χ1v) is 9.50. The van der Waals surface area contributed by atoms with Crippen LogP contribution in [0.5, 0.6) is 11.5 Å². The summed E-state index contributed by atoms with van der Waals surface area (Å²) in [7, 11) is 0. The molecule has 0 atom stereocenters. The molecule has 0 aliphatic carbocycles. The number of hydrogen-bond donors (Lipinski definition) is 3. The quantitative estimate of drug-likeness (QED) is 0.528. The number of rotatable bonds is 6. The Hall–Kier alpha value is -3.78. The van der Waals surface area contributed by atoms with Crippen molar-refractivity contribution in [1.29, 1.82) is 0 Å². The summed E-state index contributed by atoms with van der Waals surface area (Å²) in [5.41, 5.74) is 7.81. The van der Waals surface area contributed by atoms with Gasteiger partial charge < -0.3 is 21.1 Å². The molecule has 3 aromatic rings. The number of carbonyl (C=O) groups is 2. The molecule has 3 rings (SSSR count). The molecule has 2 aromatic carbocycles. The SMILES string of the molecule is Cc1cc(NC(=S)NC(=O)Cc2ccccc2)ccc1Oc1ccnc(C(N)=O)c1. The third-order valence-electron chi connectivity index (χ3n) is 4.10. The van der Waals surface area contributed by atoms with Gasteiger partial charge in [-0.2, -0.15) is 0 Å². The van der Waals surface area contributed by atoms with Crippen LogP contribution < -0.4 is 21.1 Å². The fourth-order valence-electron chi connectivity index (χ4n) is 2.69. The normalized spacial score (nSPS) is 10.2. The predicted molar refractivity (Wildman–Crippen MR) is 119 cm³/mol. The number of nitrogens with two attached hydrogens (primary N) is 1. The molecular formula is C22H20N4O3S. The molecule has 1 aromatic heterocycles. The van der Waals surface area contributed by atoms with Gasteiger partial charge in [0.15, 0.2) is 5.11 Å². The summed E-state index contributed by atoms with van der Waals surface area (Å²) in [6, 6.07) is 17.9. The summed E-state index contributed by atoms with van der Waals surface area (Å²) in [5, 5.41) is 5.87. The van der Waals surface area contributed by atoms with Crippen molar-refractivity contribution in [3.05, 3.63) is 83.7 Å². The van der Waals surface area contributed by atoms with Crippen LogP contribution in [0.15, 0.2) is 66.9 Å². The van der Waals surface area contributed by atoms with Gasteiger partial charge in [-0.05, 0) is 54.5 Å².